The Bertz CT molecular complexity index is 777. The van der Waals surface area contributed by atoms with E-state index in [9.17, 15) is 4.79 Å². The molecule has 7 heteroatoms. The lowest BCUT2D eigenvalue weighted by atomic mass is 10.1. The van der Waals surface area contributed by atoms with Crippen molar-refractivity contribution in [3.05, 3.63) is 48.0 Å². The van der Waals surface area contributed by atoms with E-state index < -0.39 is 0 Å². The Hall–Kier alpha value is -2.41. The third-order valence-electron chi connectivity index (χ3n) is 4.21. The molecule has 0 spiro atoms. The van der Waals surface area contributed by atoms with Gasteiger partial charge in [-0.3, -0.25) is 9.89 Å². The molecule has 0 aliphatic carbocycles. The van der Waals surface area contributed by atoms with Gasteiger partial charge in [0.25, 0.3) is 5.91 Å². The first-order valence-electron chi connectivity index (χ1n) is 7.67. The minimum Gasteiger partial charge on any atom is -0.335 e. The molecule has 1 aliphatic rings. The van der Waals surface area contributed by atoms with Crippen molar-refractivity contribution < 1.29 is 4.79 Å². The first-order valence-corrected chi connectivity index (χ1v) is 8.55. The SMILES string of the molecule is O=C(c1cc(-c2cccs2)[nH]n1)N1CCC[C@H](n2ccnc2)C1. The van der Waals surface area contributed by atoms with Crippen LogP contribution >= 0.6 is 11.3 Å². The zero-order valence-electron chi connectivity index (χ0n) is 12.6. The van der Waals surface area contributed by atoms with Crippen LogP contribution in [0.4, 0.5) is 0 Å². The molecule has 118 valence electrons. The average molecular weight is 327 g/mol. The van der Waals surface area contributed by atoms with E-state index in [1.54, 1.807) is 17.5 Å². The van der Waals surface area contributed by atoms with Gasteiger partial charge < -0.3 is 9.47 Å². The molecule has 1 saturated heterocycles. The summed E-state index contributed by atoms with van der Waals surface area (Å²) in [6, 6.07) is 6.14. The summed E-state index contributed by atoms with van der Waals surface area (Å²) < 4.78 is 2.08. The van der Waals surface area contributed by atoms with Crippen LogP contribution < -0.4 is 0 Å². The Morgan fingerprint density at radius 1 is 1.43 bits per heavy atom. The van der Waals surface area contributed by atoms with E-state index in [4.69, 9.17) is 0 Å². The van der Waals surface area contributed by atoms with E-state index in [0.29, 0.717) is 18.3 Å². The van der Waals surface area contributed by atoms with Gasteiger partial charge in [0.1, 0.15) is 0 Å². The molecule has 0 unspecified atom stereocenters. The Morgan fingerprint density at radius 2 is 2.39 bits per heavy atom. The summed E-state index contributed by atoms with van der Waals surface area (Å²) >= 11 is 1.63. The molecule has 1 atom stereocenters. The van der Waals surface area contributed by atoms with Gasteiger partial charge in [0, 0.05) is 25.5 Å². The summed E-state index contributed by atoms with van der Waals surface area (Å²) in [5.41, 5.74) is 1.38. The molecule has 1 aliphatic heterocycles. The van der Waals surface area contributed by atoms with Gasteiger partial charge in [0.15, 0.2) is 5.69 Å². The summed E-state index contributed by atoms with van der Waals surface area (Å²) in [7, 11) is 0. The van der Waals surface area contributed by atoms with Crippen LogP contribution in [0, 0.1) is 0 Å². The zero-order valence-corrected chi connectivity index (χ0v) is 13.4. The number of H-pyrrole nitrogens is 1. The van der Waals surface area contributed by atoms with Crippen molar-refractivity contribution in [3.63, 3.8) is 0 Å². The van der Waals surface area contributed by atoms with E-state index in [1.165, 1.54) is 0 Å². The minimum absolute atomic E-state index is 0.00567. The smallest absolute Gasteiger partial charge is 0.274 e. The van der Waals surface area contributed by atoms with Gasteiger partial charge in [-0.2, -0.15) is 5.10 Å². The van der Waals surface area contributed by atoms with Crippen LogP contribution in [-0.4, -0.2) is 43.6 Å². The van der Waals surface area contributed by atoms with Gasteiger partial charge in [0.2, 0.25) is 0 Å². The van der Waals surface area contributed by atoms with Gasteiger partial charge in [-0.05, 0) is 30.4 Å². The number of hydrogen-bond donors (Lipinski definition) is 1. The van der Waals surface area contributed by atoms with Gasteiger partial charge in [-0.25, -0.2) is 4.98 Å². The lowest BCUT2D eigenvalue weighted by Gasteiger charge is -2.32. The van der Waals surface area contributed by atoms with Crippen molar-refractivity contribution in [2.45, 2.75) is 18.9 Å². The standard InChI is InChI=1S/C16H17N5OS/c22-16(14-9-13(18-19-14)15-4-2-8-23-15)20-6-1-3-12(10-20)21-7-5-17-11-21/h2,4-5,7-9,11-12H,1,3,6,10H2,(H,18,19)/t12-/m0/s1. The van der Waals surface area contributed by atoms with Crippen molar-refractivity contribution in [2.24, 2.45) is 0 Å². The quantitative estimate of drug-likeness (QED) is 0.804. The fourth-order valence-corrected chi connectivity index (χ4v) is 3.71. The number of nitrogens with one attached hydrogen (secondary N) is 1. The zero-order chi connectivity index (χ0) is 15.6. The molecule has 3 aromatic heterocycles. The fourth-order valence-electron chi connectivity index (χ4n) is 3.02. The predicted molar refractivity (Wildman–Crippen MR) is 88.3 cm³/mol. The van der Waals surface area contributed by atoms with Crippen LogP contribution in [0.1, 0.15) is 29.4 Å². The maximum Gasteiger partial charge on any atom is 0.274 e. The van der Waals surface area contributed by atoms with E-state index in [-0.39, 0.29) is 5.91 Å². The third kappa shape index (κ3) is 2.79. The van der Waals surface area contributed by atoms with Crippen LogP contribution in [0.5, 0.6) is 0 Å². The van der Waals surface area contributed by atoms with Crippen molar-refractivity contribution in [1.29, 1.82) is 0 Å². The second kappa shape index (κ2) is 6.00. The number of piperidine rings is 1. The van der Waals surface area contributed by atoms with E-state index >= 15 is 0 Å². The molecule has 0 radical (unpaired) electrons. The van der Waals surface area contributed by atoms with Crippen molar-refractivity contribution >= 4 is 17.2 Å². The van der Waals surface area contributed by atoms with Crippen molar-refractivity contribution in [1.82, 2.24) is 24.6 Å². The molecule has 0 aromatic carbocycles. The van der Waals surface area contributed by atoms with E-state index in [0.717, 1.165) is 30.0 Å². The molecule has 6 nitrogen and oxygen atoms in total. The van der Waals surface area contributed by atoms with Crippen molar-refractivity contribution in [3.8, 4) is 10.6 Å². The fraction of sp³-hybridized carbons (Fsp3) is 0.312. The molecular weight excluding hydrogens is 310 g/mol. The Balaban J connectivity index is 1.50. The van der Waals surface area contributed by atoms with Crippen LogP contribution in [0.15, 0.2) is 42.3 Å². The number of hydrogen-bond acceptors (Lipinski definition) is 4. The molecule has 0 saturated carbocycles. The predicted octanol–water partition coefficient (Wildman–Crippen LogP) is 2.81. The van der Waals surface area contributed by atoms with Gasteiger partial charge in [-0.15, -0.1) is 11.3 Å². The van der Waals surface area contributed by atoms with Gasteiger partial charge >= 0.3 is 0 Å². The number of thiophene rings is 1. The number of carbonyl (C=O) groups excluding carboxylic acids is 1. The van der Waals surface area contributed by atoms with Crippen molar-refractivity contribution in [2.75, 3.05) is 13.1 Å². The summed E-state index contributed by atoms with van der Waals surface area (Å²) in [6.45, 7) is 1.49. The highest BCUT2D eigenvalue weighted by Gasteiger charge is 2.26. The molecule has 1 fully saturated rings. The number of imidazole rings is 1. The highest BCUT2D eigenvalue weighted by molar-refractivity contribution is 7.13. The summed E-state index contributed by atoms with van der Waals surface area (Å²) in [4.78, 5) is 19.8. The lowest BCUT2D eigenvalue weighted by molar-refractivity contribution is 0.0673. The molecule has 3 aromatic rings. The molecule has 1 amide bonds. The maximum absolute atomic E-state index is 12.7. The number of aromatic nitrogens is 4. The molecular formula is C16H17N5OS. The molecule has 1 N–H and O–H groups in total. The average Bonchev–Trinajstić information content (AvgIpc) is 3.36. The van der Waals surface area contributed by atoms with Gasteiger partial charge in [-0.1, -0.05) is 6.07 Å². The number of likely N-dealkylation sites (tertiary alicyclic amines) is 1. The minimum atomic E-state index is -0.00567. The molecule has 0 bridgehead atoms. The topological polar surface area (TPSA) is 66.8 Å². The van der Waals surface area contributed by atoms with Gasteiger partial charge in [0.05, 0.1) is 22.9 Å². The molecule has 4 rings (SSSR count). The highest BCUT2D eigenvalue weighted by Crippen LogP contribution is 2.25. The summed E-state index contributed by atoms with van der Waals surface area (Å²) in [5, 5.41) is 9.18. The number of amides is 1. The monoisotopic (exact) mass is 327 g/mol. The van der Waals surface area contributed by atoms with Crippen LogP contribution in [-0.2, 0) is 0 Å². The highest BCUT2D eigenvalue weighted by atomic mass is 32.1. The summed E-state index contributed by atoms with van der Waals surface area (Å²) in [6.07, 6.45) is 7.63. The number of nitrogens with zero attached hydrogens (tertiary/aromatic N) is 4. The number of carbonyl (C=O) groups is 1. The Morgan fingerprint density at radius 3 is 3.17 bits per heavy atom. The first kappa shape index (κ1) is 14.2. The maximum atomic E-state index is 12.7. The number of rotatable bonds is 3. The van der Waals surface area contributed by atoms with E-state index in [1.807, 2.05) is 41.0 Å². The summed E-state index contributed by atoms with van der Waals surface area (Å²) in [5.74, 6) is -0.00567. The second-order valence-electron chi connectivity index (χ2n) is 5.70. The Kier molecular flexibility index (Phi) is 3.70. The normalized spacial score (nSPS) is 18.3. The third-order valence-corrected chi connectivity index (χ3v) is 5.12. The van der Waals surface area contributed by atoms with Crippen LogP contribution in [0.3, 0.4) is 0 Å². The lowest BCUT2D eigenvalue weighted by Crippen LogP contribution is -2.40. The van der Waals surface area contributed by atoms with Crippen LogP contribution in [0.2, 0.25) is 0 Å². The van der Waals surface area contributed by atoms with E-state index in [2.05, 4.69) is 19.7 Å². The van der Waals surface area contributed by atoms with Crippen LogP contribution in [0.25, 0.3) is 10.6 Å². The second-order valence-corrected chi connectivity index (χ2v) is 6.65. The number of aromatic amines is 1. The first-order chi connectivity index (χ1) is 11.3. The Labute approximate surface area is 137 Å². The molecule has 4 heterocycles. The largest absolute Gasteiger partial charge is 0.335 e. The molecule has 23 heavy (non-hydrogen) atoms.